The van der Waals surface area contributed by atoms with E-state index in [1.54, 1.807) is 18.3 Å². The first kappa shape index (κ1) is 14.2. The summed E-state index contributed by atoms with van der Waals surface area (Å²) in [5, 5.41) is 3.31. The number of hydrogen-bond acceptors (Lipinski definition) is 4. The van der Waals surface area contributed by atoms with Gasteiger partial charge in [-0.3, -0.25) is 4.98 Å². The Balaban J connectivity index is 1.57. The number of carbonyl (C=O) groups is 1. The molecule has 4 nitrogen and oxygen atoms in total. The summed E-state index contributed by atoms with van der Waals surface area (Å²) in [6.45, 7) is 2.06. The number of carbonyl (C=O) groups excluding carboxylic acids is 1. The van der Waals surface area contributed by atoms with Gasteiger partial charge in [0.1, 0.15) is 0 Å². The highest BCUT2D eigenvalue weighted by Crippen LogP contribution is 2.00. The molecule has 2 aromatic rings. The summed E-state index contributed by atoms with van der Waals surface area (Å²) in [7, 11) is 0. The third-order valence-electron chi connectivity index (χ3n) is 2.80. The molecule has 0 fully saturated rings. The van der Waals surface area contributed by atoms with Crippen LogP contribution in [0, 0.1) is 0 Å². The Morgan fingerprint density at radius 2 is 2.00 bits per heavy atom. The number of nitrogens with zero attached hydrogens (tertiary/aromatic N) is 1. The van der Waals surface area contributed by atoms with Crippen molar-refractivity contribution < 1.29 is 9.53 Å². The Morgan fingerprint density at radius 1 is 1.15 bits per heavy atom. The molecule has 0 aliphatic heterocycles. The van der Waals surface area contributed by atoms with Crippen molar-refractivity contribution in [2.24, 2.45) is 0 Å². The average molecular weight is 270 g/mol. The second-order valence-corrected chi connectivity index (χ2v) is 4.39. The molecular weight excluding hydrogens is 252 g/mol. The Hall–Kier alpha value is -2.20. The van der Waals surface area contributed by atoms with Crippen molar-refractivity contribution in [2.45, 2.75) is 13.0 Å². The molecule has 0 bridgehead atoms. The molecule has 0 saturated carbocycles. The minimum atomic E-state index is -0.318. The number of esters is 1. The molecule has 0 spiro atoms. The summed E-state index contributed by atoms with van der Waals surface area (Å²) >= 11 is 0. The highest BCUT2D eigenvalue weighted by Gasteiger charge is 2.05. The van der Waals surface area contributed by atoms with Crippen LogP contribution in [0.4, 0.5) is 0 Å². The van der Waals surface area contributed by atoms with Gasteiger partial charge in [-0.2, -0.15) is 0 Å². The second-order valence-electron chi connectivity index (χ2n) is 4.39. The van der Waals surface area contributed by atoms with Crippen LogP contribution >= 0.6 is 0 Å². The summed E-state index contributed by atoms with van der Waals surface area (Å²) < 4.78 is 5.16. The quantitative estimate of drug-likeness (QED) is 0.620. The first-order valence-corrected chi connectivity index (χ1v) is 6.68. The van der Waals surface area contributed by atoms with Crippen LogP contribution in [0.3, 0.4) is 0 Å². The maximum Gasteiger partial charge on any atom is 0.339 e. The molecule has 4 heteroatoms. The number of aromatic nitrogens is 1. The number of ether oxygens (including phenoxy) is 1. The van der Waals surface area contributed by atoms with E-state index >= 15 is 0 Å². The Kier molecular flexibility index (Phi) is 5.73. The van der Waals surface area contributed by atoms with Gasteiger partial charge in [0, 0.05) is 18.9 Å². The maximum atomic E-state index is 11.6. The lowest BCUT2D eigenvalue weighted by atomic mass is 10.2. The lowest BCUT2D eigenvalue weighted by Crippen LogP contribution is -2.17. The molecule has 1 aromatic carbocycles. The van der Waals surface area contributed by atoms with Gasteiger partial charge in [0.2, 0.25) is 0 Å². The van der Waals surface area contributed by atoms with Gasteiger partial charge >= 0.3 is 5.97 Å². The van der Waals surface area contributed by atoms with Gasteiger partial charge in [0.05, 0.1) is 12.2 Å². The largest absolute Gasteiger partial charge is 0.462 e. The molecule has 104 valence electrons. The molecule has 0 amide bonds. The van der Waals surface area contributed by atoms with Gasteiger partial charge in [0.15, 0.2) is 0 Å². The number of rotatable bonds is 7. The fourth-order valence-electron chi connectivity index (χ4n) is 1.76. The van der Waals surface area contributed by atoms with E-state index in [1.807, 2.05) is 18.2 Å². The van der Waals surface area contributed by atoms with E-state index in [0.29, 0.717) is 12.2 Å². The van der Waals surface area contributed by atoms with Crippen LogP contribution in [0.2, 0.25) is 0 Å². The van der Waals surface area contributed by atoms with E-state index < -0.39 is 0 Å². The Bertz CT molecular complexity index is 515. The number of nitrogens with one attached hydrogen (secondary N) is 1. The van der Waals surface area contributed by atoms with Crippen molar-refractivity contribution in [3.8, 4) is 0 Å². The third-order valence-corrected chi connectivity index (χ3v) is 2.80. The summed E-state index contributed by atoms with van der Waals surface area (Å²) in [6.07, 6.45) is 3.93. The van der Waals surface area contributed by atoms with E-state index in [1.165, 1.54) is 11.8 Å². The zero-order valence-corrected chi connectivity index (χ0v) is 11.3. The molecule has 0 atom stereocenters. The lowest BCUT2D eigenvalue weighted by molar-refractivity contribution is 0.0500. The van der Waals surface area contributed by atoms with Crippen molar-refractivity contribution in [1.29, 1.82) is 0 Å². The van der Waals surface area contributed by atoms with E-state index in [-0.39, 0.29) is 5.97 Å². The van der Waals surface area contributed by atoms with Crippen molar-refractivity contribution in [3.05, 3.63) is 66.0 Å². The number of benzene rings is 1. The molecule has 0 unspecified atom stereocenters. The first-order valence-electron chi connectivity index (χ1n) is 6.68. The highest BCUT2D eigenvalue weighted by molar-refractivity contribution is 5.88. The predicted octanol–water partition coefficient (Wildman–Crippen LogP) is 2.42. The molecule has 0 radical (unpaired) electrons. The number of hydrogen-bond donors (Lipinski definition) is 1. The maximum absolute atomic E-state index is 11.6. The van der Waals surface area contributed by atoms with Crippen molar-refractivity contribution in [1.82, 2.24) is 10.3 Å². The van der Waals surface area contributed by atoms with Crippen LogP contribution in [0.15, 0.2) is 54.9 Å². The minimum absolute atomic E-state index is 0.318. The monoisotopic (exact) mass is 270 g/mol. The smallest absolute Gasteiger partial charge is 0.339 e. The fraction of sp³-hybridized carbons (Fsp3) is 0.250. The molecule has 1 N–H and O–H groups in total. The van der Waals surface area contributed by atoms with E-state index in [4.69, 9.17) is 4.74 Å². The van der Waals surface area contributed by atoms with Gasteiger partial charge in [0.25, 0.3) is 0 Å². The van der Waals surface area contributed by atoms with Gasteiger partial charge in [-0.05, 0) is 30.7 Å². The average Bonchev–Trinajstić information content (AvgIpc) is 2.52. The van der Waals surface area contributed by atoms with Gasteiger partial charge < -0.3 is 10.1 Å². The zero-order chi connectivity index (χ0) is 14.0. The topological polar surface area (TPSA) is 51.2 Å². The van der Waals surface area contributed by atoms with Crippen LogP contribution < -0.4 is 5.32 Å². The summed E-state index contributed by atoms with van der Waals surface area (Å²) in [5.41, 5.74) is 1.74. The molecule has 0 aliphatic rings. The van der Waals surface area contributed by atoms with Crippen LogP contribution in [-0.2, 0) is 11.3 Å². The van der Waals surface area contributed by atoms with Crippen LogP contribution in [0.25, 0.3) is 0 Å². The Morgan fingerprint density at radius 3 is 2.75 bits per heavy atom. The molecule has 0 saturated heterocycles. The summed E-state index contributed by atoms with van der Waals surface area (Å²) in [6, 6.07) is 13.6. The van der Waals surface area contributed by atoms with Crippen molar-refractivity contribution in [2.75, 3.05) is 13.2 Å². The molecule has 20 heavy (non-hydrogen) atoms. The normalized spacial score (nSPS) is 10.2. The highest BCUT2D eigenvalue weighted by atomic mass is 16.5. The minimum Gasteiger partial charge on any atom is -0.462 e. The van der Waals surface area contributed by atoms with Gasteiger partial charge in [-0.25, -0.2) is 4.79 Å². The summed E-state index contributed by atoms with van der Waals surface area (Å²) in [4.78, 5) is 15.5. The number of pyridine rings is 1. The van der Waals surface area contributed by atoms with Crippen LogP contribution in [0.1, 0.15) is 22.3 Å². The second kappa shape index (κ2) is 8.07. The first-order chi connectivity index (χ1) is 9.86. The zero-order valence-electron chi connectivity index (χ0n) is 11.3. The molecule has 2 rings (SSSR count). The van der Waals surface area contributed by atoms with E-state index in [2.05, 4.69) is 22.4 Å². The fourth-order valence-corrected chi connectivity index (χ4v) is 1.76. The SMILES string of the molecule is O=C(OCCCNCc1ccccc1)c1cccnc1. The van der Waals surface area contributed by atoms with Gasteiger partial charge in [-0.1, -0.05) is 30.3 Å². The van der Waals surface area contributed by atoms with Crippen LogP contribution in [-0.4, -0.2) is 24.1 Å². The third kappa shape index (κ3) is 4.82. The van der Waals surface area contributed by atoms with Crippen molar-refractivity contribution in [3.63, 3.8) is 0 Å². The van der Waals surface area contributed by atoms with E-state index in [0.717, 1.165) is 19.5 Å². The summed E-state index contributed by atoms with van der Waals surface area (Å²) in [5.74, 6) is -0.318. The standard InChI is InChI=1S/C16H18N2O2/c19-16(15-8-4-9-18-13-15)20-11-5-10-17-12-14-6-2-1-3-7-14/h1-4,6-9,13,17H,5,10-12H2. The van der Waals surface area contributed by atoms with Gasteiger partial charge in [-0.15, -0.1) is 0 Å². The lowest BCUT2D eigenvalue weighted by Gasteiger charge is -2.06. The van der Waals surface area contributed by atoms with Crippen molar-refractivity contribution >= 4 is 5.97 Å². The van der Waals surface area contributed by atoms with Crippen LogP contribution in [0.5, 0.6) is 0 Å². The van der Waals surface area contributed by atoms with E-state index in [9.17, 15) is 4.79 Å². The molecule has 1 aromatic heterocycles. The Labute approximate surface area is 118 Å². The predicted molar refractivity (Wildman–Crippen MR) is 77.3 cm³/mol. The molecule has 0 aliphatic carbocycles. The molecule has 1 heterocycles. The molecular formula is C16H18N2O2.